The number of thioether (sulfide) groups is 1. The van der Waals surface area contributed by atoms with Crippen LogP contribution in [0.2, 0.25) is 0 Å². The minimum Gasteiger partial charge on any atom is -0.342 e. The van der Waals surface area contributed by atoms with E-state index in [1.54, 1.807) is 0 Å². The van der Waals surface area contributed by atoms with Crippen LogP contribution in [-0.2, 0) is 24.1 Å². The van der Waals surface area contributed by atoms with Crippen LogP contribution in [0.1, 0.15) is 42.5 Å². The Hall–Kier alpha value is -2.61. The molecule has 1 aliphatic carbocycles. The van der Waals surface area contributed by atoms with Crippen LogP contribution >= 0.6 is 11.8 Å². The fraction of sp³-hybridized carbons (Fsp3) is 0.478. The molecule has 1 saturated heterocycles. The van der Waals surface area contributed by atoms with Crippen molar-refractivity contribution in [3.8, 4) is 0 Å². The Morgan fingerprint density at radius 1 is 1.10 bits per heavy atom. The van der Waals surface area contributed by atoms with Gasteiger partial charge in [-0.15, -0.1) is 10.2 Å². The number of H-pyrrole nitrogens is 1. The van der Waals surface area contributed by atoms with Crippen LogP contribution in [0.15, 0.2) is 40.3 Å². The second kappa shape index (κ2) is 8.86. The Balaban J connectivity index is 1.21. The third-order valence-corrected chi connectivity index (χ3v) is 7.41. The molecule has 0 radical (unpaired) electrons. The lowest BCUT2D eigenvalue weighted by Gasteiger charge is -2.32. The van der Waals surface area contributed by atoms with Crippen LogP contribution < -0.4 is 5.56 Å². The molecule has 3 heterocycles. The third-order valence-electron chi connectivity index (χ3n) is 6.50. The molecule has 31 heavy (non-hydrogen) atoms. The molecule has 0 unspecified atom stereocenters. The van der Waals surface area contributed by atoms with Crippen molar-refractivity contribution in [1.82, 2.24) is 24.5 Å². The molecule has 3 aromatic rings. The number of aromatic amines is 1. The highest BCUT2D eigenvalue weighted by molar-refractivity contribution is 7.99. The summed E-state index contributed by atoms with van der Waals surface area (Å²) in [5.74, 6) is 1.61. The first kappa shape index (κ1) is 20.3. The Kier molecular flexibility index (Phi) is 5.80. The van der Waals surface area contributed by atoms with Crippen molar-refractivity contribution in [3.63, 3.8) is 0 Å². The van der Waals surface area contributed by atoms with Crippen molar-refractivity contribution in [2.75, 3.05) is 18.8 Å². The summed E-state index contributed by atoms with van der Waals surface area (Å²) in [5, 5.41) is 9.09. The number of benzene rings is 1. The van der Waals surface area contributed by atoms with Crippen LogP contribution in [0, 0.1) is 5.92 Å². The molecule has 1 aliphatic heterocycles. The Labute approximate surface area is 185 Å². The van der Waals surface area contributed by atoms with Gasteiger partial charge in [0.2, 0.25) is 11.7 Å². The number of rotatable bonds is 5. The first-order chi connectivity index (χ1) is 15.2. The van der Waals surface area contributed by atoms with E-state index in [4.69, 9.17) is 0 Å². The number of nitrogens with one attached hydrogen (secondary N) is 1. The minimum absolute atomic E-state index is 0.0550. The van der Waals surface area contributed by atoms with Gasteiger partial charge in [-0.3, -0.25) is 19.0 Å². The minimum atomic E-state index is -0.0550. The van der Waals surface area contributed by atoms with E-state index >= 15 is 0 Å². The first-order valence-corrected chi connectivity index (χ1v) is 12.1. The molecule has 162 valence electrons. The number of carbonyl (C=O) groups is 1. The number of nitrogens with zero attached hydrogens (tertiary/aromatic N) is 4. The maximum Gasteiger partial charge on any atom is 0.255 e. The fourth-order valence-electron chi connectivity index (χ4n) is 4.80. The molecule has 2 aromatic heterocycles. The third kappa shape index (κ3) is 4.26. The summed E-state index contributed by atoms with van der Waals surface area (Å²) < 4.78 is 1.94. The van der Waals surface area contributed by atoms with Gasteiger partial charge in [-0.25, -0.2) is 0 Å². The molecule has 8 heteroatoms. The van der Waals surface area contributed by atoms with Crippen molar-refractivity contribution in [2.24, 2.45) is 5.92 Å². The van der Waals surface area contributed by atoms with Gasteiger partial charge >= 0.3 is 0 Å². The summed E-state index contributed by atoms with van der Waals surface area (Å²) in [6.45, 7) is 1.64. The quantitative estimate of drug-likeness (QED) is 0.621. The van der Waals surface area contributed by atoms with E-state index in [0.717, 1.165) is 69.3 Å². The van der Waals surface area contributed by atoms with Gasteiger partial charge in [0.25, 0.3) is 5.56 Å². The number of hydrogen-bond donors (Lipinski definition) is 1. The van der Waals surface area contributed by atoms with Gasteiger partial charge < -0.3 is 4.90 Å². The highest BCUT2D eigenvalue weighted by Crippen LogP contribution is 2.25. The van der Waals surface area contributed by atoms with E-state index in [-0.39, 0.29) is 11.5 Å². The predicted molar refractivity (Wildman–Crippen MR) is 120 cm³/mol. The lowest BCUT2D eigenvalue weighted by molar-refractivity contribution is -0.129. The van der Waals surface area contributed by atoms with Gasteiger partial charge in [0.05, 0.1) is 5.75 Å². The van der Waals surface area contributed by atoms with Crippen LogP contribution in [0.4, 0.5) is 0 Å². The van der Waals surface area contributed by atoms with E-state index in [0.29, 0.717) is 22.6 Å². The van der Waals surface area contributed by atoms with Crippen molar-refractivity contribution in [2.45, 2.75) is 50.1 Å². The van der Waals surface area contributed by atoms with Crippen LogP contribution in [-0.4, -0.2) is 49.2 Å². The summed E-state index contributed by atoms with van der Waals surface area (Å²) in [6, 6.07) is 10.6. The maximum absolute atomic E-state index is 12.8. The monoisotopic (exact) mass is 437 g/mol. The highest BCUT2D eigenvalue weighted by Gasteiger charge is 2.25. The zero-order chi connectivity index (χ0) is 21.2. The first-order valence-electron chi connectivity index (χ1n) is 11.1. The fourth-order valence-corrected chi connectivity index (χ4v) is 5.66. The van der Waals surface area contributed by atoms with Crippen LogP contribution in [0.5, 0.6) is 0 Å². The summed E-state index contributed by atoms with van der Waals surface area (Å²) in [4.78, 5) is 29.9. The van der Waals surface area contributed by atoms with Gasteiger partial charge in [0, 0.05) is 24.3 Å². The molecule has 0 spiro atoms. The number of aryl methyl sites for hydroxylation is 1. The number of carbonyl (C=O) groups excluding carboxylic acids is 1. The van der Waals surface area contributed by atoms with Crippen LogP contribution in [0.3, 0.4) is 0 Å². The molecular formula is C23H27N5O2S. The zero-order valence-corrected chi connectivity index (χ0v) is 18.4. The molecule has 1 amide bonds. The number of fused-ring (bicyclic) bond motifs is 3. The Morgan fingerprint density at radius 2 is 1.87 bits per heavy atom. The highest BCUT2D eigenvalue weighted by atomic mass is 32.2. The average molecular weight is 438 g/mol. The van der Waals surface area contributed by atoms with Crippen molar-refractivity contribution < 1.29 is 4.79 Å². The second-order valence-corrected chi connectivity index (χ2v) is 9.47. The van der Waals surface area contributed by atoms with Crippen molar-refractivity contribution in [1.29, 1.82) is 0 Å². The van der Waals surface area contributed by atoms with Gasteiger partial charge in [0.15, 0.2) is 5.16 Å². The maximum atomic E-state index is 12.8. The van der Waals surface area contributed by atoms with Gasteiger partial charge in [-0.1, -0.05) is 42.1 Å². The van der Waals surface area contributed by atoms with E-state index in [9.17, 15) is 9.59 Å². The number of amides is 1. The molecule has 2 aliphatic rings. The van der Waals surface area contributed by atoms with E-state index in [2.05, 4.69) is 45.5 Å². The second-order valence-electron chi connectivity index (χ2n) is 8.53. The van der Waals surface area contributed by atoms with E-state index in [1.165, 1.54) is 17.3 Å². The smallest absolute Gasteiger partial charge is 0.255 e. The number of aromatic nitrogens is 4. The predicted octanol–water partition coefficient (Wildman–Crippen LogP) is 2.87. The largest absolute Gasteiger partial charge is 0.342 e. The molecule has 1 aromatic carbocycles. The lowest BCUT2D eigenvalue weighted by Crippen LogP contribution is -2.39. The molecule has 1 N–H and O–H groups in total. The normalized spacial score (nSPS) is 17.1. The standard InChI is InChI=1S/C23H27N5O2S/c29-20(27-12-10-17(11-13-27)14-16-6-2-1-3-7-16)15-31-23-26-25-22-24-21(30)18-8-4-5-9-19(18)28(22)23/h1-3,6-7,17H,4-5,8-15H2,(H,24,25,30). The lowest BCUT2D eigenvalue weighted by atomic mass is 9.90. The van der Waals surface area contributed by atoms with Gasteiger partial charge in [0.1, 0.15) is 0 Å². The summed E-state index contributed by atoms with van der Waals surface area (Å²) >= 11 is 1.42. The van der Waals surface area contributed by atoms with Gasteiger partial charge in [-0.05, 0) is 56.4 Å². The SMILES string of the molecule is O=C(CSc1nnc2[nH]c(=O)c3c(n12)CCCC3)N1CCC(Cc2ccccc2)CC1. The van der Waals surface area contributed by atoms with Gasteiger partial charge in [-0.2, -0.15) is 0 Å². The summed E-state index contributed by atoms with van der Waals surface area (Å²) in [6.07, 6.45) is 6.92. The molecule has 0 bridgehead atoms. The Morgan fingerprint density at radius 3 is 2.68 bits per heavy atom. The van der Waals surface area contributed by atoms with Crippen LogP contribution in [0.25, 0.3) is 5.78 Å². The summed E-state index contributed by atoms with van der Waals surface area (Å²) in [5.41, 5.74) is 3.17. The zero-order valence-electron chi connectivity index (χ0n) is 17.5. The molecule has 0 atom stereocenters. The molecule has 1 fully saturated rings. The number of likely N-dealkylation sites (tertiary alicyclic amines) is 1. The van der Waals surface area contributed by atoms with E-state index < -0.39 is 0 Å². The molecule has 0 saturated carbocycles. The van der Waals surface area contributed by atoms with Crippen molar-refractivity contribution in [3.05, 3.63) is 57.5 Å². The van der Waals surface area contributed by atoms with E-state index in [1.807, 2.05) is 9.30 Å². The summed E-state index contributed by atoms with van der Waals surface area (Å²) in [7, 11) is 0. The van der Waals surface area contributed by atoms with Crippen molar-refractivity contribution >= 4 is 23.4 Å². The molecular weight excluding hydrogens is 410 g/mol. The molecule has 7 nitrogen and oxygen atoms in total. The number of hydrogen-bond acceptors (Lipinski definition) is 5. The average Bonchev–Trinajstić information content (AvgIpc) is 3.22. The molecule has 5 rings (SSSR count). The number of piperidine rings is 1. The Bertz CT molecular complexity index is 1130. The topological polar surface area (TPSA) is 83.4 Å².